The van der Waals surface area contributed by atoms with Crippen LogP contribution in [0.25, 0.3) is 0 Å². The maximum atomic E-state index is 12.2. The first-order valence-corrected chi connectivity index (χ1v) is 9.91. The van der Waals surface area contributed by atoms with E-state index in [1.807, 2.05) is 0 Å². The SMILES string of the molecule is COCCN(CCC(=O)Nc1cc(S(=O)(=O)N(C)C)ccc1Cl)CC(N)=O. The van der Waals surface area contributed by atoms with E-state index in [4.69, 9.17) is 22.1 Å². The molecule has 1 rings (SSSR count). The number of methoxy groups -OCH3 is 1. The van der Waals surface area contributed by atoms with Crippen molar-refractivity contribution < 1.29 is 22.7 Å². The Morgan fingerprint density at radius 2 is 1.93 bits per heavy atom. The van der Waals surface area contributed by atoms with Crippen molar-refractivity contribution in [3.63, 3.8) is 0 Å². The quantitative estimate of drug-likeness (QED) is 0.532. The summed E-state index contributed by atoms with van der Waals surface area (Å²) in [6.07, 6.45) is 0.0674. The van der Waals surface area contributed by atoms with Gasteiger partial charge in [0.25, 0.3) is 0 Å². The number of primary amides is 1. The van der Waals surface area contributed by atoms with Crippen LogP contribution in [0.3, 0.4) is 0 Å². The average Bonchev–Trinajstić information content (AvgIpc) is 2.58. The van der Waals surface area contributed by atoms with Gasteiger partial charge in [-0.1, -0.05) is 11.6 Å². The molecule has 0 heterocycles. The fourth-order valence-electron chi connectivity index (χ4n) is 2.15. The highest BCUT2D eigenvalue weighted by atomic mass is 35.5. The molecule has 0 saturated heterocycles. The third-order valence-electron chi connectivity index (χ3n) is 3.64. The van der Waals surface area contributed by atoms with Crippen LogP contribution in [0.2, 0.25) is 5.02 Å². The van der Waals surface area contributed by atoms with Crippen LogP contribution in [-0.2, 0) is 24.3 Å². The highest BCUT2D eigenvalue weighted by Crippen LogP contribution is 2.26. The summed E-state index contributed by atoms with van der Waals surface area (Å²) in [4.78, 5) is 25.0. The zero-order valence-corrected chi connectivity index (χ0v) is 17.1. The molecule has 0 saturated carbocycles. The largest absolute Gasteiger partial charge is 0.383 e. The molecule has 0 radical (unpaired) electrons. The molecule has 0 aliphatic carbocycles. The summed E-state index contributed by atoms with van der Waals surface area (Å²) in [5, 5.41) is 2.82. The van der Waals surface area contributed by atoms with Gasteiger partial charge in [0, 0.05) is 40.7 Å². The lowest BCUT2D eigenvalue weighted by Gasteiger charge is -2.20. The molecule has 0 spiro atoms. The molecule has 0 fully saturated rings. The molecular weight excluding hydrogens is 396 g/mol. The van der Waals surface area contributed by atoms with Crippen molar-refractivity contribution in [1.29, 1.82) is 0 Å². The minimum Gasteiger partial charge on any atom is -0.383 e. The fraction of sp³-hybridized carbons (Fsp3) is 0.500. The summed E-state index contributed by atoms with van der Waals surface area (Å²) in [7, 11) is 0.707. The van der Waals surface area contributed by atoms with Crippen LogP contribution in [0.15, 0.2) is 23.1 Å². The number of sulfonamides is 1. The minimum atomic E-state index is -3.65. The summed E-state index contributed by atoms with van der Waals surface area (Å²) < 4.78 is 30.4. The van der Waals surface area contributed by atoms with E-state index in [9.17, 15) is 18.0 Å². The normalized spacial score (nSPS) is 11.8. The van der Waals surface area contributed by atoms with Gasteiger partial charge in [0.2, 0.25) is 21.8 Å². The van der Waals surface area contributed by atoms with Gasteiger partial charge in [-0.25, -0.2) is 12.7 Å². The second kappa shape index (κ2) is 10.6. The van der Waals surface area contributed by atoms with Crippen LogP contribution in [0.4, 0.5) is 5.69 Å². The van der Waals surface area contributed by atoms with E-state index in [1.165, 1.54) is 39.4 Å². The molecule has 0 atom stereocenters. The van der Waals surface area contributed by atoms with E-state index in [0.29, 0.717) is 13.2 Å². The van der Waals surface area contributed by atoms with Crippen molar-refractivity contribution >= 4 is 39.1 Å². The van der Waals surface area contributed by atoms with Gasteiger partial charge in [0.05, 0.1) is 28.8 Å². The molecule has 2 amide bonds. The molecule has 3 N–H and O–H groups in total. The molecule has 0 unspecified atom stereocenters. The number of halogens is 1. The Kier molecular flexibility index (Phi) is 9.13. The predicted octanol–water partition coefficient (Wildman–Crippen LogP) is 0.353. The van der Waals surface area contributed by atoms with Crippen molar-refractivity contribution in [2.45, 2.75) is 11.3 Å². The summed E-state index contributed by atoms with van der Waals surface area (Å²) in [6, 6.07) is 4.08. The first kappa shape index (κ1) is 23.3. The number of hydrogen-bond donors (Lipinski definition) is 2. The number of anilines is 1. The number of nitrogens with two attached hydrogens (primary N) is 1. The van der Waals surface area contributed by atoms with E-state index < -0.39 is 15.9 Å². The molecule has 152 valence electrons. The zero-order chi connectivity index (χ0) is 20.6. The summed E-state index contributed by atoms with van der Waals surface area (Å²) in [5.74, 6) is -0.876. The van der Waals surface area contributed by atoms with Crippen molar-refractivity contribution in [2.75, 3.05) is 52.8 Å². The van der Waals surface area contributed by atoms with Crippen molar-refractivity contribution in [1.82, 2.24) is 9.21 Å². The van der Waals surface area contributed by atoms with Crippen LogP contribution in [0.1, 0.15) is 6.42 Å². The van der Waals surface area contributed by atoms with E-state index in [-0.39, 0.29) is 41.0 Å². The van der Waals surface area contributed by atoms with E-state index >= 15 is 0 Å². The molecule has 9 nitrogen and oxygen atoms in total. The first-order valence-electron chi connectivity index (χ1n) is 8.09. The monoisotopic (exact) mass is 420 g/mol. The van der Waals surface area contributed by atoms with Gasteiger partial charge in [0.15, 0.2) is 0 Å². The van der Waals surface area contributed by atoms with Gasteiger partial charge >= 0.3 is 0 Å². The number of nitrogens with zero attached hydrogens (tertiary/aromatic N) is 2. The number of carbonyl (C=O) groups excluding carboxylic acids is 2. The summed E-state index contributed by atoms with van der Waals surface area (Å²) in [5.41, 5.74) is 5.39. The van der Waals surface area contributed by atoms with Gasteiger partial charge in [-0.2, -0.15) is 0 Å². The Labute approximate surface area is 164 Å². The van der Waals surface area contributed by atoms with Gasteiger partial charge < -0.3 is 15.8 Å². The molecule has 1 aromatic rings. The Morgan fingerprint density at radius 1 is 1.26 bits per heavy atom. The molecule has 0 bridgehead atoms. The summed E-state index contributed by atoms with van der Waals surface area (Å²) >= 11 is 6.06. The maximum Gasteiger partial charge on any atom is 0.242 e. The summed E-state index contributed by atoms with van der Waals surface area (Å²) in [6.45, 7) is 1.13. The smallest absolute Gasteiger partial charge is 0.242 e. The van der Waals surface area contributed by atoms with Crippen molar-refractivity contribution in [3.05, 3.63) is 23.2 Å². The lowest BCUT2D eigenvalue weighted by atomic mass is 10.3. The Morgan fingerprint density at radius 3 is 2.48 bits per heavy atom. The van der Waals surface area contributed by atoms with Gasteiger partial charge in [-0.15, -0.1) is 0 Å². The van der Waals surface area contributed by atoms with Crippen molar-refractivity contribution in [2.24, 2.45) is 5.73 Å². The average molecular weight is 421 g/mol. The highest BCUT2D eigenvalue weighted by molar-refractivity contribution is 7.89. The van der Waals surface area contributed by atoms with E-state index in [0.717, 1.165) is 4.31 Å². The van der Waals surface area contributed by atoms with Crippen LogP contribution >= 0.6 is 11.6 Å². The second-order valence-corrected chi connectivity index (χ2v) is 8.52. The molecule has 1 aromatic carbocycles. The lowest BCUT2D eigenvalue weighted by Crippen LogP contribution is -2.37. The predicted molar refractivity (Wildman–Crippen MR) is 103 cm³/mol. The zero-order valence-electron chi connectivity index (χ0n) is 15.6. The van der Waals surface area contributed by atoms with Crippen LogP contribution in [-0.4, -0.2) is 76.9 Å². The third-order valence-corrected chi connectivity index (χ3v) is 5.78. The Balaban J connectivity index is 2.80. The number of ether oxygens (including phenoxy) is 1. The van der Waals surface area contributed by atoms with Crippen LogP contribution < -0.4 is 11.1 Å². The topological polar surface area (TPSA) is 122 Å². The number of hydrogen-bond acceptors (Lipinski definition) is 6. The van der Waals surface area contributed by atoms with Gasteiger partial charge in [-0.05, 0) is 18.2 Å². The minimum absolute atomic E-state index is 0.00790. The van der Waals surface area contributed by atoms with Gasteiger partial charge in [-0.3, -0.25) is 14.5 Å². The number of benzene rings is 1. The molecule has 0 aromatic heterocycles. The lowest BCUT2D eigenvalue weighted by molar-refractivity contribution is -0.120. The number of rotatable bonds is 11. The van der Waals surface area contributed by atoms with Crippen LogP contribution in [0.5, 0.6) is 0 Å². The highest BCUT2D eigenvalue weighted by Gasteiger charge is 2.19. The van der Waals surface area contributed by atoms with E-state index in [2.05, 4.69) is 5.32 Å². The number of nitrogens with one attached hydrogen (secondary N) is 1. The maximum absolute atomic E-state index is 12.2. The third kappa shape index (κ3) is 7.43. The Hall–Kier alpha value is -1.72. The standard InChI is InChI=1S/C16H25ClN4O5S/c1-20(2)27(24,25)12-4-5-13(17)14(10-12)19-16(23)6-7-21(8-9-26-3)11-15(18)22/h4-5,10H,6-9,11H2,1-3H3,(H2,18,22)(H,19,23). The van der Waals surface area contributed by atoms with E-state index in [1.54, 1.807) is 4.90 Å². The molecule has 11 heteroatoms. The number of amides is 2. The Bertz CT molecular complexity index is 770. The van der Waals surface area contributed by atoms with Gasteiger partial charge in [0.1, 0.15) is 0 Å². The number of carbonyl (C=O) groups is 2. The molecular formula is C16H25ClN4O5S. The second-order valence-electron chi connectivity index (χ2n) is 5.96. The van der Waals surface area contributed by atoms with Crippen molar-refractivity contribution in [3.8, 4) is 0 Å². The van der Waals surface area contributed by atoms with Crippen LogP contribution in [0, 0.1) is 0 Å². The first-order chi connectivity index (χ1) is 12.6. The fourth-order valence-corrected chi connectivity index (χ4v) is 3.25. The molecule has 0 aliphatic heterocycles. The molecule has 0 aliphatic rings. The molecule has 27 heavy (non-hydrogen) atoms.